The van der Waals surface area contributed by atoms with Crippen LogP contribution in [0.2, 0.25) is 5.02 Å². The fraction of sp³-hybridized carbons (Fsp3) is 0.688. The van der Waals surface area contributed by atoms with Crippen LogP contribution >= 0.6 is 11.6 Å². The van der Waals surface area contributed by atoms with E-state index in [4.69, 9.17) is 11.6 Å². The summed E-state index contributed by atoms with van der Waals surface area (Å²) in [5, 5.41) is 3.47. The second kappa shape index (κ2) is 6.69. The van der Waals surface area contributed by atoms with Gasteiger partial charge in [0.05, 0.1) is 10.6 Å². The van der Waals surface area contributed by atoms with Crippen LogP contribution in [0.4, 0.5) is 19.0 Å². The number of halogens is 4. The minimum absolute atomic E-state index is 0.0604. The number of alkyl halides is 3. The van der Waals surface area contributed by atoms with Crippen molar-refractivity contribution in [3.8, 4) is 0 Å². The van der Waals surface area contributed by atoms with E-state index in [0.717, 1.165) is 58.1 Å². The molecule has 1 unspecified atom stereocenters. The van der Waals surface area contributed by atoms with Gasteiger partial charge in [0.2, 0.25) is 0 Å². The molecule has 3 rings (SSSR count). The van der Waals surface area contributed by atoms with Gasteiger partial charge in [-0.15, -0.1) is 0 Å². The van der Waals surface area contributed by atoms with E-state index in [1.165, 1.54) is 6.42 Å². The molecule has 2 aliphatic rings. The smallest absolute Gasteiger partial charge is 0.353 e. The molecule has 24 heavy (non-hydrogen) atoms. The van der Waals surface area contributed by atoms with Crippen molar-refractivity contribution in [2.75, 3.05) is 50.7 Å². The maximum atomic E-state index is 12.7. The number of nitrogens with zero attached hydrogens (tertiary/aromatic N) is 3. The first-order valence-electron chi connectivity index (χ1n) is 8.18. The van der Waals surface area contributed by atoms with Gasteiger partial charge in [0.15, 0.2) is 0 Å². The fourth-order valence-electron chi connectivity index (χ4n) is 3.48. The van der Waals surface area contributed by atoms with Gasteiger partial charge in [-0.3, -0.25) is 4.90 Å². The predicted molar refractivity (Wildman–Crippen MR) is 88.5 cm³/mol. The molecule has 1 aromatic rings. The molecule has 2 saturated heterocycles. The summed E-state index contributed by atoms with van der Waals surface area (Å²) in [6, 6.07) is 0.960. The molecule has 0 aromatic carbocycles. The van der Waals surface area contributed by atoms with Gasteiger partial charge in [-0.05, 0) is 24.4 Å². The van der Waals surface area contributed by atoms with Gasteiger partial charge in [-0.2, -0.15) is 13.2 Å². The Morgan fingerprint density at radius 1 is 1.29 bits per heavy atom. The van der Waals surface area contributed by atoms with E-state index in [1.54, 1.807) is 0 Å². The third-order valence-corrected chi connectivity index (χ3v) is 5.16. The zero-order valence-corrected chi connectivity index (χ0v) is 14.4. The van der Waals surface area contributed by atoms with Crippen molar-refractivity contribution in [1.29, 1.82) is 0 Å². The van der Waals surface area contributed by atoms with Crippen LogP contribution in [0.5, 0.6) is 0 Å². The minimum atomic E-state index is -4.42. The van der Waals surface area contributed by atoms with Crippen LogP contribution < -0.4 is 10.2 Å². The quantitative estimate of drug-likeness (QED) is 0.896. The zero-order valence-electron chi connectivity index (χ0n) is 13.7. The normalized spacial score (nSPS) is 26.1. The van der Waals surface area contributed by atoms with E-state index in [9.17, 15) is 13.2 Å². The van der Waals surface area contributed by atoms with Crippen molar-refractivity contribution in [2.45, 2.75) is 19.5 Å². The van der Waals surface area contributed by atoms with E-state index >= 15 is 0 Å². The number of hydrogen-bond acceptors (Lipinski definition) is 4. The number of nitrogens with one attached hydrogen (secondary N) is 1. The fourth-order valence-corrected chi connectivity index (χ4v) is 3.77. The lowest BCUT2D eigenvalue weighted by atomic mass is 9.89. The van der Waals surface area contributed by atoms with Crippen LogP contribution in [0, 0.1) is 5.41 Å². The summed E-state index contributed by atoms with van der Waals surface area (Å²) < 4.78 is 38.1. The molecule has 0 amide bonds. The summed E-state index contributed by atoms with van der Waals surface area (Å²) in [6.45, 7) is 8.64. The Kier molecular flexibility index (Phi) is 4.95. The Bertz CT molecular complexity index is 579. The predicted octanol–water partition coefficient (Wildman–Crippen LogP) is 2.88. The molecule has 0 saturated carbocycles. The van der Waals surface area contributed by atoms with E-state index in [-0.39, 0.29) is 5.02 Å². The molecule has 134 valence electrons. The van der Waals surface area contributed by atoms with E-state index in [1.807, 2.05) is 4.90 Å². The first-order chi connectivity index (χ1) is 11.3. The summed E-state index contributed by atoms with van der Waals surface area (Å²) in [4.78, 5) is 8.34. The van der Waals surface area contributed by atoms with E-state index in [2.05, 4.69) is 22.1 Å². The lowest BCUT2D eigenvalue weighted by molar-refractivity contribution is -0.137. The van der Waals surface area contributed by atoms with Crippen molar-refractivity contribution in [3.63, 3.8) is 0 Å². The molecular formula is C16H22ClF3N4. The molecule has 0 spiro atoms. The van der Waals surface area contributed by atoms with E-state index in [0.29, 0.717) is 11.2 Å². The third kappa shape index (κ3) is 3.95. The molecule has 0 aliphatic carbocycles. The molecule has 1 aromatic heterocycles. The standard InChI is InChI=1S/C16H22ClF3N4/c1-15(2-3-21-10-15)11-23-4-6-24(7-5-23)14-13(17)8-12(9-22-14)16(18,19)20/h8-9,21H,2-7,10-11H2,1H3. The topological polar surface area (TPSA) is 31.4 Å². The summed E-state index contributed by atoms with van der Waals surface area (Å²) in [5.41, 5.74) is -0.497. The van der Waals surface area contributed by atoms with Crippen LogP contribution in [-0.4, -0.2) is 55.7 Å². The highest BCUT2D eigenvalue weighted by Gasteiger charge is 2.34. The molecule has 0 bridgehead atoms. The molecular weight excluding hydrogens is 341 g/mol. The molecule has 0 radical (unpaired) electrons. The van der Waals surface area contributed by atoms with Crippen molar-refractivity contribution >= 4 is 17.4 Å². The van der Waals surface area contributed by atoms with Crippen molar-refractivity contribution in [2.24, 2.45) is 5.41 Å². The van der Waals surface area contributed by atoms with Gasteiger partial charge in [-0.1, -0.05) is 18.5 Å². The number of pyridine rings is 1. The van der Waals surface area contributed by atoms with Gasteiger partial charge >= 0.3 is 6.18 Å². The molecule has 1 atom stereocenters. The first-order valence-corrected chi connectivity index (χ1v) is 8.55. The highest BCUT2D eigenvalue weighted by atomic mass is 35.5. The lowest BCUT2D eigenvalue weighted by Crippen LogP contribution is -2.50. The number of anilines is 1. The molecule has 4 nitrogen and oxygen atoms in total. The average Bonchev–Trinajstić information content (AvgIpc) is 2.93. The van der Waals surface area contributed by atoms with Gasteiger partial charge in [0.1, 0.15) is 5.82 Å². The van der Waals surface area contributed by atoms with E-state index < -0.39 is 11.7 Å². The van der Waals surface area contributed by atoms with Crippen LogP contribution in [-0.2, 0) is 6.18 Å². The highest BCUT2D eigenvalue weighted by Crippen LogP contribution is 2.34. The second-order valence-electron chi connectivity index (χ2n) is 7.03. The second-order valence-corrected chi connectivity index (χ2v) is 7.44. The number of hydrogen-bond donors (Lipinski definition) is 1. The van der Waals surface area contributed by atoms with Crippen LogP contribution in [0.15, 0.2) is 12.3 Å². The highest BCUT2D eigenvalue weighted by molar-refractivity contribution is 6.33. The third-order valence-electron chi connectivity index (χ3n) is 4.88. The molecule has 1 N–H and O–H groups in total. The Labute approximate surface area is 145 Å². The van der Waals surface area contributed by atoms with Gasteiger partial charge in [0.25, 0.3) is 0 Å². The molecule has 8 heteroatoms. The average molecular weight is 363 g/mol. The van der Waals surface area contributed by atoms with Crippen LogP contribution in [0.3, 0.4) is 0 Å². The summed E-state index contributed by atoms with van der Waals surface area (Å²) >= 11 is 6.04. The summed E-state index contributed by atoms with van der Waals surface area (Å²) in [5.74, 6) is 0.443. The Hall–Kier alpha value is -1.05. The minimum Gasteiger partial charge on any atom is -0.353 e. The Balaban J connectivity index is 1.60. The first kappa shape index (κ1) is 17.8. The number of rotatable bonds is 3. The van der Waals surface area contributed by atoms with Crippen molar-refractivity contribution in [1.82, 2.24) is 15.2 Å². The Morgan fingerprint density at radius 3 is 2.54 bits per heavy atom. The Morgan fingerprint density at radius 2 is 2.00 bits per heavy atom. The summed E-state index contributed by atoms with van der Waals surface area (Å²) in [6.07, 6.45) is -2.38. The zero-order chi connectivity index (χ0) is 17.4. The monoisotopic (exact) mass is 362 g/mol. The van der Waals surface area contributed by atoms with Crippen molar-refractivity contribution < 1.29 is 13.2 Å². The molecule has 2 fully saturated rings. The molecule has 3 heterocycles. The summed E-state index contributed by atoms with van der Waals surface area (Å²) in [7, 11) is 0. The van der Waals surface area contributed by atoms with Gasteiger partial charge < -0.3 is 10.2 Å². The van der Waals surface area contributed by atoms with Crippen LogP contribution in [0.25, 0.3) is 0 Å². The SMILES string of the molecule is CC1(CN2CCN(c3ncc(C(F)(F)F)cc3Cl)CC2)CCNC1. The van der Waals surface area contributed by atoms with Gasteiger partial charge in [0, 0.05) is 45.5 Å². The maximum Gasteiger partial charge on any atom is 0.417 e. The maximum absolute atomic E-state index is 12.7. The molecule has 2 aliphatic heterocycles. The number of piperazine rings is 1. The van der Waals surface area contributed by atoms with Gasteiger partial charge in [-0.25, -0.2) is 4.98 Å². The van der Waals surface area contributed by atoms with Crippen molar-refractivity contribution in [3.05, 3.63) is 22.8 Å². The lowest BCUT2D eigenvalue weighted by Gasteiger charge is -2.39. The largest absolute Gasteiger partial charge is 0.417 e. The van der Waals surface area contributed by atoms with Crippen LogP contribution in [0.1, 0.15) is 18.9 Å². The number of aromatic nitrogens is 1.